The van der Waals surface area contributed by atoms with E-state index >= 15 is 8.78 Å². The lowest BCUT2D eigenvalue weighted by molar-refractivity contribution is -0.120. The summed E-state index contributed by atoms with van der Waals surface area (Å²) in [6.45, 7) is 2.59. The molecule has 8 nitrogen and oxygen atoms in total. The Morgan fingerprint density at radius 2 is 1.94 bits per heavy atom. The van der Waals surface area contributed by atoms with E-state index in [1.54, 1.807) is 10.6 Å². The number of ether oxygens (including phenoxy) is 1. The van der Waals surface area contributed by atoms with Crippen LogP contribution < -0.4 is 5.32 Å². The van der Waals surface area contributed by atoms with E-state index in [9.17, 15) is 14.7 Å². The fourth-order valence-corrected chi connectivity index (χ4v) is 5.03. The molecule has 1 aliphatic carbocycles. The molecular formula is C26H28F2N4O4. The minimum Gasteiger partial charge on any atom is -0.465 e. The van der Waals surface area contributed by atoms with Gasteiger partial charge >= 0.3 is 6.09 Å². The molecule has 1 saturated carbocycles. The fourth-order valence-electron chi connectivity index (χ4n) is 5.03. The average molecular weight is 499 g/mol. The molecule has 2 aromatic heterocycles. The van der Waals surface area contributed by atoms with E-state index in [0.717, 1.165) is 5.56 Å². The second-order valence-electron chi connectivity index (χ2n) is 9.54. The highest BCUT2D eigenvalue weighted by Gasteiger charge is 2.29. The Hall–Kier alpha value is -3.53. The van der Waals surface area contributed by atoms with E-state index < -0.39 is 23.8 Å². The van der Waals surface area contributed by atoms with E-state index in [1.165, 1.54) is 17.0 Å². The maximum atomic E-state index is 15.4. The second kappa shape index (κ2) is 9.85. The Kier molecular flexibility index (Phi) is 6.61. The number of nitrogens with one attached hydrogen (secondary N) is 1. The topological polar surface area (TPSA) is 96.2 Å². The number of amides is 1. The van der Waals surface area contributed by atoms with Gasteiger partial charge in [0.05, 0.1) is 36.2 Å². The van der Waals surface area contributed by atoms with Gasteiger partial charge in [-0.05, 0) is 49.6 Å². The van der Waals surface area contributed by atoms with Gasteiger partial charge in [-0.1, -0.05) is 0 Å². The summed E-state index contributed by atoms with van der Waals surface area (Å²) in [6.07, 6.45) is 2.72. The van der Waals surface area contributed by atoms with Crippen LogP contribution in [0.15, 0.2) is 30.5 Å². The molecule has 10 heteroatoms. The molecule has 3 aromatic rings. The SMILES string of the molecule is Cc1ccn2c(C[C@H]3CN(C(=O)O)CCO3)c(-c3c(F)cc(NC4CCC(=O)CC4)cc3F)nc2c1. The van der Waals surface area contributed by atoms with Crippen molar-refractivity contribution in [3.8, 4) is 11.3 Å². The zero-order valence-electron chi connectivity index (χ0n) is 20.0. The van der Waals surface area contributed by atoms with Crippen LogP contribution in [0.25, 0.3) is 16.9 Å². The molecule has 2 aliphatic rings. The van der Waals surface area contributed by atoms with Crippen LogP contribution in [0.1, 0.15) is 36.9 Å². The smallest absolute Gasteiger partial charge is 0.407 e. The summed E-state index contributed by atoms with van der Waals surface area (Å²) in [5.74, 6) is -1.28. The van der Waals surface area contributed by atoms with Crippen LogP contribution in [-0.2, 0) is 16.0 Å². The molecule has 0 unspecified atom stereocenters. The molecule has 2 N–H and O–H groups in total. The number of hydrogen-bond donors (Lipinski definition) is 2. The van der Waals surface area contributed by atoms with Crippen LogP contribution in [0.4, 0.5) is 19.3 Å². The molecule has 0 spiro atoms. The minimum atomic E-state index is -1.03. The van der Waals surface area contributed by atoms with Gasteiger partial charge in [-0.2, -0.15) is 0 Å². The van der Waals surface area contributed by atoms with Crippen molar-refractivity contribution in [3.05, 3.63) is 53.4 Å². The van der Waals surface area contributed by atoms with Crippen LogP contribution in [0.5, 0.6) is 0 Å². The third kappa shape index (κ3) is 4.90. The van der Waals surface area contributed by atoms with Crippen LogP contribution in [-0.4, -0.2) is 63.1 Å². The zero-order valence-corrected chi connectivity index (χ0v) is 20.0. The number of morpholine rings is 1. The van der Waals surface area contributed by atoms with Crippen molar-refractivity contribution in [2.75, 3.05) is 25.0 Å². The molecule has 1 atom stereocenters. The quantitative estimate of drug-likeness (QED) is 0.540. The summed E-state index contributed by atoms with van der Waals surface area (Å²) in [6, 6.07) is 6.21. The van der Waals surface area contributed by atoms with Crippen molar-refractivity contribution >= 4 is 23.2 Å². The van der Waals surface area contributed by atoms with Gasteiger partial charge in [0, 0.05) is 43.7 Å². The van der Waals surface area contributed by atoms with Gasteiger partial charge in [-0.25, -0.2) is 18.6 Å². The minimum absolute atomic E-state index is 0.0123. The number of fused-ring (bicyclic) bond motifs is 1. The third-order valence-corrected chi connectivity index (χ3v) is 6.90. The molecule has 0 radical (unpaired) electrons. The average Bonchev–Trinajstić information content (AvgIpc) is 3.17. The number of pyridine rings is 1. The maximum absolute atomic E-state index is 15.4. The molecule has 3 heterocycles. The Morgan fingerprint density at radius 1 is 1.22 bits per heavy atom. The van der Waals surface area contributed by atoms with Gasteiger partial charge < -0.3 is 24.5 Å². The number of benzene rings is 1. The summed E-state index contributed by atoms with van der Waals surface area (Å²) in [7, 11) is 0. The van der Waals surface area contributed by atoms with Crippen molar-refractivity contribution in [2.45, 2.75) is 51.2 Å². The Balaban J connectivity index is 1.49. The van der Waals surface area contributed by atoms with Crippen LogP contribution in [0, 0.1) is 18.6 Å². The number of Topliss-reactive ketones (excluding diaryl/α,β-unsaturated/α-hetero) is 1. The number of nitrogens with zero attached hydrogens (tertiary/aromatic N) is 3. The first kappa shape index (κ1) is 24.2. The highest BCUT2D eigenvalue weighted by Crippen LogP contribution is 2.33. The number of anilines is 1. The highest BCUT2D eigenvalue weighted by molar-refractivity contribution is 5.79. The number of rotatable bonds is 5. The van der Waals surface area contributed by atoms with Crippen molar-refractivity contribution in [2.24, 2.45) is 0 Å². The molecule has 1 amide bonds. The second-order valence-corrected chi connectivity index (χ2v) is 9.54. The first-order valence-electron chi connectivity index (χ1n) is 12.1. The normalized spacial score (nSPS) is 19.1. The maximum Gasteiger partial charge on any atom is 0.407 e. The highest BCUT2D eigenvalue weighted by atomic mass is 19.1. The van der Waals surface area contributed by atoms with Crippen molar-refractivity contribution in [1.82, 2.24) is 14.3 Å². The first-order valence-corrected chi connectivity index (χ1v) is 12.1. The number of hydrogen-bond acceptors (Lipinski definition) is 5. The number of carbonyl (C=O) groups excluding carboxylic acids is 1. The molecule has 190 valence electrons. The van der Waals surface area contributed by atoms with Gasteiger partial charge in [-0.15, -0.1) is 0 Å². The van der Waals surface area contributed by atoms with Crippen molar-refractivity contribution in [1.29, 1.82) is 0 Å². The largest absolute Gasteiger partial charge is 0.465 e. The van der Waals surface area contributed by atoms with E-state index in [-0.39, 0.29) is 49.2 Å². The van der Waals surface area contributed by atoms with E-state index in [4.69, 9.17) is 4.74 Å². The molecule has 1 saturated heterocycles. The Labute approximate surface area is 206 Å². The van der Waals surface area contributed by atoms with Crippen molar-refractivity contribution < 1.29 is 28.2 Å². The van der Waals surface area contributed by atoms with Crippen LogP contribution >= 0.6 is 0 Å². The predicted molar refractivity (Wildman–Crippen MR) is 129 cm³/mol. The molecule has 1 aliphatic heterocycles. The van der Waals surface area contributed by atoms with Gasteiger partial charge in [0.25, 0.3) is 0 Å². The summed E-state index contributed by atoms with van der Waals surface area (Å²) >= 11 is 0. The number of imidazole rings is 1. The van der Waals surface area contributed by atoms with Gasteiger partial charge in [0.1, 0.15) is 23.1 Å². The number of halogens is 2. The van der Waals surface area contributed by atoms with Crippen LogP contribution in [0.3, 0.4) is 0 Å². The van der Waals surface area contributed by atoms with Gasteiger partial charge in [-0.3, -0.25) is 4.79 Å². The molecular weight excluding hydrogens is 470 g/mol. The monoisotopic (exact) mass is 498 g/mol. The number of ketones is 1. The summed E-state index contributed by atoms with van der Waals surface area (Å²) in [5.41, 5.74) is 2.29. The molecule has 0 bridgehead atoms. The fraction of sp³-hybridized carbons (Fsp3) is 0.423. The summed E-state index contributed by atoms with van der Waals surface area (Å²) < 4.78 is 38.5. The lowest BCUT2D eigenvalue weighted by atomic mass is 9.94. The van der Waals surface area contributed by atoms with Crippen LogP contribution in [0.2, 0.25) is 0 Å². The summed E-state index contributed by atoms with van der Waals surface area (Å²) in [4.78, 5) is 28.8. The number of carboxylic acid groups (broad SMARTS) is 1. The Bertz CT molecular complexity index is 1290. The lowest BCUT2D eigenvalue weighted by Crippen LogP contribution is -2.45. The Morgan fingerprint density at radius 3 is 2.64 bits per heavy atom. The van der Waals surface area contributed by atoms with Gasteiger partial charge in [0.2, 0.25) is 0 Å². The number of aromatic nitrogens is 2. The zero-order chi connectivity index (χ0) is 25.4. The molecule has 1 aromatic carbocycles. The third-order valence-electron chi connectivity index (χ3n) is 6.90. The van der Waals surface area contributed by atoms with E-state index in [1.807, 2.05) is 19.1 Å². The number of aryl methyl sites for hydroxylation is 1. The predicted octanol–water partition coefficient (Wildman–Crippen LogP) is 4.43. The first-order chi connectivity index (χ1) is 17.3. The van der Waals surface area contributed by atoms with Crippen molar-refractivity contribution in [3.63, 3.8) is 0 Å². The number of carbonyl (C=O) groups is 2. The molecule has 2 fully saturated rings. The summed E-state index contributed by atoms with van der Waals surface area (Å²) in [5, 5.41) is 12.5. The van der Waals surface area contributed by atoms with E-state index in [0.29, 0.717) is 42.7 Å². The molecule has 36 heavy (non-hydrogen) atoms. The lowest BCUT2D eigenvalue weighted by Gasteiger charge is -2.31. The van der Waals surface area contributed by atoms with E-state index in [2.05, 4.69) is 10.3 Å². The standard InChI is InChI=1S/C26H28F2N4O4/c1-15-6-7-32-22(13-19-14-31(26(34)35)8-9-36-19)25(30-23(32)10-15)24-20(27)11-17(12-21(24)28)29-16-2-4-18(33)5-3-16/h6-7,10-12,16,19,29H,2-5,8-9,13-14H2,1H3,(H,34,35)/t19-/m0/s1. The molecule has 5 rings (SSSR count). The van der Waals surface area contributed by atoms with Gasteiger partial charge in [0.15, 0.2) is 0 Å².